The third-order valence-electron chi connectivity index (χ3n) is 5.09. The molecule has 0 atom stereocenters. The van der Waals surface area contributed by atoms with Crippen molar-refractivity contribution in [1.29, 1.82) is 0 Å². The number of carbonyl (C=O) groups excluding carboxylic acids is 1. The van der Waals surface area contributed by atoms with Gasteiger partial charge < -0.3 is 14.0 Å². The molecule has 0 unspecified atom stereocenters. The number of ether oxygens (including phenoxy) is 2. The average molecular weight is 407 g/mol. The Morgan fingerprint density at radius 2 is 2.03 bits per heavy atom. The molecule has 8 nitrogen and oxygen atoms in total. The van der Waals surface area contributed by atoms with E-state index in [0.717, 1.165) is 39.9 Å². The van der Waals surface area contributed by atoms with Gasteiger partial charge in [0.05, 0.1) is 32.0 Å². The van der Waals surface area contributed by atoms with E-state index in [4.69, 9.17) is 9.47 Å². The van der Waals surface area contributed by atoms with Crippen molar-refractivity contribution in [3.63, 3.8) is 0 Å². The third kappa shape index (κ3) is 3.38. The third-order valence-corrected chi connectivity index (χ3v) is 5.09. The van der Waals surface area contributed by atoms with Crippen LogP contribution in [0.1, 0.15) is 42.4 Å². The molecule has 0 bridgehead atoms. The fraction of sp³-hybridized carbons (Fsp3) is 0.364. The van der Waals surface area contributed by atoms with Crippen LogP contribution < -0.4 is 4.74 Å². The maximum atomic E-state index is 12.6. The molecular formula is C22H25N5O3. The van der Waals surface area contributed by atoms with Crippen LogP contribution in [0, 0.1) is 0 Å². The number of aromatic nitrogens is 5. The molecule has 156 valence electrons. The topological polar surface area (TPSA) is 84.1 Å². The van der Waals surface area contributed by atoms with E-state index in [1.165, 1.54) is 4.80 Å². The Morgan fingerprint density at radius 1 is 1.23 bits per heavy atom. The molecule has 3 heterocycles. The van der Waals surface area contributed by atoms with Gasteiger partial charge >= 0.3 is 5.97 Å². The number of esters is 1. The number of nitrogens with zero attached hydrogens (tertiary/aromatic N) is 5. The predicted molar refractivity (Wildman–Crippen MR) is 113 cm³/mol. The lowest BCUT2D eigenvalue weighted by atomic mass is 9.93. The van der Waals surface area contributed by atoms with Crippen molar-refractivity contribution in [1.82, 2.24) is 24.8 Å². The number of tetrazole rings is 1. The van der Waals surface area contributed by atoms with Gasteiger partial charge in [-0.3, -0.25) is 0 Å². The van der Waals surface area contributed by atoms with E-state index in [0.29, 0.717) is 30.4 Å². The smallest absolute Gasteiger partial charge is 0.354 e. The average Bonchev–Trinajstić information content (AvgIpc) is 3.30. The Bertz CT molecular complexity index is 1150. The van der Waals surface area contributed by atoms with Gasteiger partial charge in [0.1, 0.15) is 11.4 Å². The number of hydrogen-bond acceptors (Lipinski definition) is 6. The highest BCUT2D eigenvalue weighted by atomic mass is 16.5. The molecule has 0 N–H and O–H groups in total. The van der Waals surface area contributed by atoms with Crippen LogP contribution >= 0.6 is 0 Å². The first kappa shape index (κ1) is 19.9. The summed E-state index contributed by atoms with van der Waals surface area (Å²) < 4.78 is 13.0. The maximum absolute atomic E-state index is 12.6. The fourth-order valence-electron chi connectivity index (χ4n) is 3.92. The van der Waals surface area contributed by atoms with E-state index >= 15 is 0 Å². The van der Waals surface area contributed by atoms with Crippen molar-refractivity contribution in [3.05, 3.63) is 40.6 Å². The van der Waals surface area contributed by atoms with Crippen LogP contribution in [0.4, 0.5) is 0 Å². The normalized spacial score (nSPS) is 12.2. The highest BCUT2D eigenvalue weighted by Crippen LogP contribution is 2.41. The number of carbonyl (C=O) groups is 1. The minimum atomic E-state index is -0.306. The number of methoxy groups -OCH3 is 1. The Hall–Kier alpha value is -3.42. The monoisotopic (exact) mass is 407 g/mol. The minimum Gasteiger partial charge on any atom is -0.496 e. The van der Waals surface area contributed by atoms with Gasteiger partial charge in [-0.05, 0) is 56.2 Å². The van der Waals surface area contributed by atoms with Gasteiger partial charge in [-0.1, -0.05) is 11.6 Å². The Kier molecular flexibility index (Phi) is 5.15. The molecule has 0 aliphatic carbocycles. The number of rotatable bonds is 5. The molecule has 4 rings (SSSR count). The van der Waals surface area contributed by atoms with Crippen LogP contribution in [0.15, 0.2) is 23.8 Å². The number of aryl methyl sites for hydroxylation is 2. The van der Waals surface area contributed by atoms with E-state index < -0.39 is 0 Å². The quantitative estimate of drug-likeness (QED) is 0.602. The molecule has 8 heteroatoms. The zero-order valence-electron chi connectivity index (χ0n) is 17.9. The highest BCUT2D eigenvalue weighted by Gasteiger charge is 2.28. The van der Waals surface area contributed by atoms with E-state index in [2.05, 4.69) is 26.1 Å². The van der Waals surface area contributed by atoms with Crippen molar-refractivity contribution >= 4 is 12.0 Å². The summed E-state index contributed by atoms with van der Waals surface area (Å²) >= 11 is 0. The zero-order valence-corrected chi connectivity index (χ0v) is 17.9. The SMILES string of the molecule is CCOC(=O)c1cc(C=C(C)C)c2n1CCc1cc(OC)c(-c3nnn(C)n3)cc1-2. The molecule has 0 saturated heterocycles. The Balaban J connectivity index is 1.96. The summed E-state index contributed by atoms with van der Waals surface area (Å²) in [6.07, 6.45) is 2.87. The maximum Gasteiger partial charge on any atom is 0.354 e. The van der Waals surface area contributed by atoms with Crippen molar-refractivity contribution < 1.29 is 14.3 Å². The molecule has 30 heavy (non-hydrogen) atoms. The van der Waals surface area contributed by atoms with Crippen molar-refractivity contribution in [2.45, 2.75) is 33.7 Å². The van der Waals surface area contributed by atoms with Gasteiger partial charge in [-0.15, -0.1) is 10.2 Å². The molecule has 0 fully saturated rings. The molecule has 3 aromatic rings. The van der Waals surface area contributed by atoms with Gasteiger partial charge in [0.2, 0.25) is 5.82 Å². The van der Waals surface area contributed by atoms with Gasteiger partial charge in [-0.25, -0.2) is 4.79 Å². The Morgan fingerprint density at radius 3 is 2.67 bits per heavy atom. The number of benzene rings is 1. The standard InChI is InChI=1S/C22H25N5O3/c1-6-30-22(28)18-10-15(9-13(2)3)20-16-12-17(21-23-25-26(4)24-21)19(29-5)11-14(16)7-8-27(18)20/h9-12H,6-8H2,1-5H3. The van der Waals surface area contributed by atoms with E-state index in [1.54, 1.807) is 14.2 Å². The zero-order chi connectivity index (χ0) is 21.4. The van der Waals surface area contributed by atoms with Crippen molar-refractivity contribution in [3.8, 4) is 28.4 Å². The number of allylic oxidation sites excluding steroid dienone is 1. The van der Waals surface area contributed by atoms with E-state index in [9.17, 15) is 4.79 Å². The van der Waals surface area contributed by atoms with Crippen LogP contribution in [0.5, 0.6) is 5.75 Å². The second-order valence-corrected chi connectivity index (χ2v) is 7.49. The van der Waals surface area contributed by atoms with Crippen LogP contribution in [-0.2, 0) is 24.8 Å². The lowest BCUT2D eigenvalue weighted by Crippen LogP contribution is -2.18. The first-order valence-corrected chi connectivity index (χ1v) is 9.94. The summed E-state index contributed by atoms with van der Waals surface area (Å²) in [5.74, 6) is 0.895. The summed E-state index contributed by atoms with van der Waals surface area (Å²) in [6, 6.07) is 5.99. The van der Waals surface area contributed by atoms with Crippen molar-refractivity contribution in [2.75, 3.05) is 13.7 Å². The molecule has 1 aliphatic heterocycles. The highest BCUT2D eigenvalue weighted by molar-refractivity contribution is 5.93. The van der Waals surface area contributed by atoms with Gasteiger partial charge in [0.25, 0.3) is 0 Å². The Labute approximate surface area is 175 Å². The second-order valence-electron chi connectivity index (χ2n) is 7.49. The number of fused-ring (bicyclic) bond motifs is 3. The van der Waals surface area contributed by atoms with Gasteiger partial charge in [0, 0.05) is 17.7 Å². The molecule has 0 amide bonds. The molecule has 2 aromatic heterocycles. The van der Waals surface area contributed by atoms with E-state index in [-0.39, 0.29) is 5.97 Å². The van der Waals surface area contributed by atoms with Crippen LogP contribution in [0.3, 0.4) is 0 Å². The summed E-state index contributed by atoms with van der Waals surface area (Å²) in [5.41, 5.74) is 6.65. The molecule has 0 saturated carbocycles. The predicted octanol–water partition coefficient (Wildman–Crippen LogP) is 3.51. The first-order chi connectivity index (χ1) is 14.4. The molecule has 1 aromatic carbocycles. The number of hydrogen-bond donors (Lipinski definition) is 0. The van der Waals surface area contributed by atoms with Gasteiger partial charge in [-0.2, -0.15) is 4.80 Å². The lowest BCUT2D eigenvalue weighted by Gasteiger charge is -2.23. The summed E-state index contributed by atoms with van der Waals surface area (Å²) in [7, 11) is 3.37. The molecule has 0 radical (unpaired) electrons. The van der Waals surface area contributed by atoms with Gasteiger partial charge in [0.15, 0.2) is 0 Å². The van der Waals surface area contributed by atoms with Crippen LogP contribution in [0.25, 0.3) is 28.7 Å². The molecule has 1 aliphatic rings. The fourth-order valence-corrected chi connectivity index (χ4v) is 3.92. The minimum absolute atomic E-state index is 0.306. The first-order valence-electron chi connectivity index (χ1n) is 9.94. The van der Waals surface area contributed by atoms with Crippen LogP contribution in [-0.4, -0.2) is 44.5 Å². The summed E-state index contributed by atoms with van der Waals surface area (Å²) in [4.78, 5) is 14.0. The van der Waals surface area contributed by atoms with E-state index in [1.807, 2.05) is 39.0 Å². The largest absolute Gasteiger partial charge is 0.496 e. The summed E-state index contributed by atoms with van der Waals surface area (Å²) in [5, 5.41) is 12.5. The van der Waals surface area contributed by atoms with Crippen LogP contribution in [0.2, 0.25) is 0 Å². The summed E-state index contributed by atoms with van der Waals surface area (Å²) in [6.45, 7) is 6.94. The molecule has 0 spiro atoms. The second kappa shape index (κ2) is 7.78. The lowest BCUT2D eigenvalue weighted by molar-refractivity contribution is 0.0514. The van der Waals surface area contributed by atoms with Crippen molar-refractivity contribution in [2.24, 2.45) is 7.05 Å². The molecular weight excluding hydrogens is 382 g/mol.